The number of aromatic nitrogens is 5. The second-order valence-corrected chi connectivity index (χ2v) is 5.62. The smallest absolute Gasteiger partial charge is 0.127 e. The molecule has 24 heavy (non-hydrogen) atoms. The van der Waals surface area contributed by atoms with Crippen LogP contribution < -0.4 is 0 Å². The predicted molar refractivity (Wildman–Crippen MR) is 89.4 cm³/mol. The quantitative estimate of drug-likeness (QED) is 0.402. The summed E-state index contributed by atoms with van der Waals surface area (Å²) in [6.45, 7) is 4.06. The number of benzene rings is 2. The number of fused-ring (bicyclic) bond motifs is 1. The van der Waals surface area contributed by atoms with Crippen molar-refractivity contribution in [2.75, 3.05) is 0 Å². The molecule has 0 saturated heterocycles. The molecule has 6 heteroatoms. The van der Waals surface area contributed by atoms with Gasteiger partial charge in [0, 0.05) is 32.7 Å². The molecule has 0 aliphatic carbocycles. The summed E-state index contributed by atoms with van der Waals surface area (Å²) in [5.74, 6) is 1.75. The van der Waals surface area contributed by atoms with E-state index < -0.39 is 0 Å². The maximum atomic E-state index is 4.59. The van der Waals surface area contributed by atoms with Gasteiger partial charge in [0.1, 0.15) is 6.33 Å². The molecule has 0 saturated carbocycles. The third-order valence-electron chi connectivity index (χ3n) is 4.17. The van der Waals surface area contributed by atoms with E-state index in [9.17, 15) is 0 Å². The summed E-state index contributed by atoms with van der Waals surface area (Å²) >= 11 is 0. The van der Waals surface area contributed by atoms with Crippen LogP contribution in [0.3, 0.4) is 0 Å². The standard InChI is InChI=1S/C18H16N5.Ir/c1-12-6-4-5-7-16(12)23-18(19-11-20-23)14-8-9-17-15(10-14)21-13(2)22(17)3;/h4-7,9-11H,1-3H3;/q-1;. The molecule has 4 aromatic rings. The van der Waals surface area contributed by atoms with E-state index in [0.717, 1.165) is 39.5 Å². The molecule has 0 spiro atoms. The number of rotatable bonds is 2. The zero-order valence-electron chi connectivity index (χ0n) is 13.6. The van der Waals surface area contributed by atoms with Crippen LogP contribution in [0.2, 0.25) is 0 Å². The fourth-order valence-corrected chi connectivity index (χ4v) is 2.79. The van der Waals surface area contributed by atoms with Gasteiger partial charge in [-0.25, -0.2) is 0 Å². The Balaban J connectivity index is 0.00000169. The van der Waals surface area contributed by atoms with Gasteiger partial charge in [-0.2, -0.15) is 5.10 Å². The van der Waals surface area contributed by atoms with Crippen molar-refractivity contribution in [2.24, 2.45) is 7.05 Å². The van der Waals surface area contributed by atoms with Crippen LogP contribution in [0.5, 0.6) is 0 Å². The SMILES string of the molecule is Cc1ccccc1-n1ncnc1-c1[c-]cc2c(c1)nc(C)n2C.[Ir]. The number of imidazole rings is 1. The number of hydrogen-bond donors (Lipinski definition) is 0. The molecule has 0 bridgehead atoms. The molecule has 2 aromatic heterocycles. The third-order valence-corrected chi connectivity index (χ3v) is 4.17. The molecule has 4 rings (SSSR count). The van der Waals surface area contributed by atoms with Gasteiger partial charge in [0.2, 0.25) is 0 Å². The first-order valence-electron chi connectivity index (χ1n) is 7.46. The van der Waals surface area contributed by atoms with Gasteiger partial charge in [0.25, 0.3) is 0 Å². The van der Waals surface area contributed by atoms with Gasteiger partial charge in [0.15, 0.2) is 0 Å². The molecule has 0 amide bonds. The second-order valence-electron chi connectivity index (χ2n) is 5.62. The first-order chi connectivity index (χ1) is 11.1. The number of nitrogens with zero attached hydrogens (tertiary/aromatic N) is 5. The predicted octanol–water partition coefficient (Wildman–Crippen LogP) is 3.24. The Morgan fingerprint density at radius 2 is 1.92 bits per heavy atom. The minimum Gasteiger partial charge on any atom is -0.371 e. The summed E-state index contributed by atoms with van der Waals surface area (Å²) in [5.41, 5.74) is 5.06. The fraction of sp³-hybridized carbons (Fsp3) is 0.167. The van der Waals surface area contributed by atoms with E-state index in [1.165, 1.54) is 0 Å². The minimum absolute atomic E-state index is 0. The number of para-hydroxylation sites is 1. The van der Waals surface area contributed by atoms with Crippen molar-refractivity contribution in [1.29, 1.82) is 0 Å². The van der Waals surface area contributed by atoms with Crippen LogP contribution in [0.15, 0.2) is 42.7 Å². The van der Waals surface area contributed by atoms with E-state index in [0.29, 0.717) is 0 Å². The average Bonchev–Trinajstić information content (AvgIpc) is 3.13. The van der Waals surface area contributed by atoms with Gasteiger partial charge in [-0.1, -0.05) is 18.2 Å². The van der Waals surface area contributed by atoms with Crippen molar-refractivity contribution >= 4 is 11.0 Å². The summed E-state index contributed by atoms with van der Waals surface area (Å²) in [6, 6.07) is 15.4. The van der Waals surface area contributed by atoms with Gasteiger partial charge < -0.3 is 4.57 Å². The first kappa shape index (κ1) is 16.6. The van der Waals surface area contributed by atoms with Crippen LogP contribution in [0.25, 0.3) is 28.1 Å². The van der Waals surface area contributed by atoms with E-state index in [1.807, 2.05) is 49.0 Å². The van der Waals surface area contributed by atoms with E-state index >= 15 is 0 Å². The second kappa shape index (κ2) is 6.30. The summed E-state index contributed by atoms with van der Waals surface area (Å²) in [6.07, 6.45) is 1.57. The van der Waals surface area contributed by atoms with Crippen molar-refractivity contribution in [1.82, 2.24) is 24.3 Å². The zero-order valence-corrected chi connectivity index (χ0v) is 16.0. The zero-order chi connectivity index (χ0) is 16.0. The fourth-order valence-electron chi connectivity index (χ4n) is 2.79. The van der Waals surface area contributed by atoms with Crippen LogP contribution >= 0.6 is 0 Å². The molecule has 0 aliphatic rings. The van der Waals surface area contributed by atoms with Crippen molar-refractivity contribution in [3.8, 4) is 17.1 Å². The van der Waals surface area contributed by atoms with Gasteiger partial charge in [0.05, 0.1) is 17.3 Å². The van der Waals surface area contributed by atoms with E-state index in [-0.39, 0.29) is 20.1 Å². The molecular weight excluding hydrogens is 478 g/mol. The maximum absolute atomic E-state index is 4.59. The number of aryl methyl sites for hydroxylation is 3. The van der Waals surface area contributed by atoms with Crippen molar-refractivity contribution in [2.45, 2.75) is 13.8 Å². The summed E-state index contributed by atoms with van der Waals surface area (Å²) in [7, 11) is 2.01. The molecule has 0 N–H and O–H groups in total. The van der Waals surface area contributed by atoms with Gasteiger partial charge >= 0.3 is 0 Å². The van der Waals surface area contributed by atoms with Gasteiger partial charge in [-0.15, -0.1) is 23.8 Å². The molecule has 0 fully saturated rings. The molecule has 0 atom stereocenters. The van der Waals surface area contributed by atoms with Crippen molar-refractivity contribution in [3.05, 3.63) is 60.2 Å². The van der Waals surface area contributed by atoms with Gasteiger partial charge in [-0.05, 0) is 31.0 Å². The van der Waals surface area contributed by atoms with Crippen LogP contribution in [-0.2, 0) is 27.2 Å². The molecule has 0 aliphatic heterocycles. The number of hydrogen-bond acceptors (Lipinski definition) is 3. The maximum Gasteiger partial charge on any atom is 0.127 e. The Bertz CT molecular complexity index is 1020. The molecule has 5 nitrogen and oxygen atoms in total. The summed E-state index contributed by atoms with van der Waals surface area (Å²) < 4.78 is 3.91. The Hall–Kier alpha value is -2.30. The average molecular weight is 495 g/mol. The van der Waals surface area contributed by atoms with Crippen LogP contribution in [0.4, 0.5) is 0 Å². The molecule has 1 radical (unpaired) electrons. The van der Waals surface area contributed by atoms with Crippen LogP contribution in [0, 0.1) is 19.9 Å². The Kier molecular flexibility index (Phi) is 4.35. The Morgan fingerprint density at radius 1 is 1.12 bits per heavy atom. The molecule has 0 unspecified atom stereocenters. The normalized spacial score (nSPS) is 10.8. The largest absolute Gasteiger partial charge is 0.371 e. The monoisotopic (exact) mass is 495 g/mol. The Morgan fingerprint density at radius 3 is 2.71 bits per heavy atom. The molecule has 123 valence electrons. The molecule has 2 heterocycles. The van der Waals surface area contributed by atoms with E-state index in [2.05, 4.69) is 38.7 Å². The molecule has 2 aromatic carbocycles. The first-order valence-corrected chi connectivity index (χ1v) is 7.46. The minimum atomic E-state index is 0. The van der Waals surface area contributed by atoms with Crippen molar-refractivity contribution < 1.29 is 20.1 Å². The van der Waals surface area contributed by atoms with E-state index in [1.54, 1.807) is 6.33 Å². The summed E-state index contributed by atoms with van der Waals surface area (Å²) in [4.78, 5) is 9.01. The van der Waals surface area contributed by atoms with Crippen molar-refractivity contribution in [3.63, 3.8) is 0 Å². The van der Waals surface area contributed by atoms with Crippen LogP contribution in [0.1, 0.15) is 11.4 Å². The Labute approximate surface area is 153 Å². The summed E-state index contributed by atoms with van der Waals surface area (Å²) in [5, 5.41) is 4.39. The molecular formula is C18H16IrN5-. The van der Waals surface area contributed by atoms with E-state index in [4.69, 9.17) is 0 Å². The van der Waals surface area contributed by atoms with Gasteiger partial charge in [-0.3, -0.25) is 14.6 Å². The topological polar surface area (TPSA) is 48.5 Å². The third kappa shape index (κ3) is 2.58. The van der Waals surface area contributed by atoms with Crippen LogP contribution in [-0.4, -0.2) is 24.3 Å².